The van der Waals surface area contributed by atoms with Gasteiger partial charge < -0.3 is 52.9 Å². The van der Waals surface area contributed by atoms with Crippen molar-refractivity contribution in [2.75, 3.05) is 13.1 Å². The molecule has 0 aromatic rings. The van der Waals surface area contributed by atoms with Crippen molar-refractivity contribution in [3.8, 4) is 0 Å². The van der Waals surface area contributed by atoms with E-state index >= 15 is 0 Å². The molecule has 0 radical (unpaired) electrons. The maximum absolute atomic E-state index is 10.3. The van der Waals surface area contributed by atoms with Gasteiger partial charge in [-0.3, -0.25) is 9.59 Å². The molecule has 0 aliphatic carbocycles. The molecule has 2 atom stereocenters. The summed E-state index contributed by atoms with van der Waals surface area (Å²) in [6, 6.07) is -1.65. The van der Waals surface area contributed by atoms with Crippen molar-refractivity contribution in [1.82, 2.24) is 0 Å². The quantitative estimate of drug-likeness (QED) is 0.0249. The summed E-state index contributed by atoms with van der Waals surface area (Å²) in [5.41, 5.74) is 20.7. The maximum Gasteiger partial charge on any atom is 2.00 e. The summed E-state index contributed by atoms with van der Waals surface area (Å²) in [6.45, 7) is 5.71. The molecular weight excluding hydrogens is 785 g/mol. The molecule has 10 N–H and O–H groups in total. The third kappa shape index (κ3) is 73.2. The molecule has 0 aromatic heterocycles. The SMILES string of the molecule is CCCCCCCCCCCCCCCCCC(=O)O.CCCCCCCCCCCCCCCCCC(=O)O.NCCCC[C@H](N)C(=O)[O-].NCCCC[C@H](N)C(=O)[O-].[Mg+2]. The number of hydrogen-bond donors (Lipinski definition) is 6. The molecule has 0 spiro atoms. The number of unbranched alkanes of at least 4 members (excludes halogenated alkanes) is 30. The summed E-state index contributed by atoms with van der Waals surface area (Å²) in [5.74, 6) is -3.67. The number of hydrogen-bond acceptors (Lipinski definition) is 10. The number of rotatable bonds is 42. The van der Waals surface area contributed by atoms with Crippen LogP contribution in [0.1, 0.15) is 258 Å². The first-order chi connectivity index (χ1) is 28.9. The van der Waals surface area contributed by atoms with Crippen LogP contribution in [-0.4, -0.2) is 82.3 Å². The number of aliphatic carboxylic acids is 4. The average Bonchev–Trinajstić information content (AvgIpc) is 3.21. The Morgan fingerprint density at radius 2 is 0.574 bits per heavy atom. The van der Waals surface area contributed by atoms with Crippen molar-refractivity contribution in [1.29, 1.82) is 0 Å². The van der Waals surface area contributed by atoms with Crippen LogP contribution < -0.4 is 33.1 Å². The van der Waals surface area contributed by atoms with E-state index in [1.165, 1.54) is 167 Å². The summed E-state index contributed by atoms with van der Waals surface area (Å²) in [4.78, 5) is 40.7. The van der Waals surface area contributed by atoms with Crippen molar-refractivity contribution in [2.24, 2.45) is 22.9 Å². The van der Waals surface area contributed by atoms with E-state index in [1.54, 1.807) is 0 Å². The molecule has 0 heterocycles. The Labute approximate surface area is 390 Å². The van der Waals surface area contributed by atoms with E-state index in [2.05, 4.69) is 13.8 Å². The monoisotopic (exact) mass is 883 g/mol. The van der Waals surface area contributed by atoms with Gasteiger partial charge in [-0.15, -0.1) is 0 Å². The molecule has 61 heavy (non-hydrogen) atoms. The van der Waals surface area contributed by atoms with Gasteiger partial charge in [0.05, 0.1) is 11.9 Å². The second kappa shape index (κ2) is 60.6. The third-order valence-corrected chi connectivity index (χ3v) is 10.5. The predicted octanol–water partition coefficient (Wildman–Crippen LogP) is 8.67. The zero-order chi connectivity index (χ0) is 45.7. The third-order valence-electron chi connectivity index (χ3n) is 10.5. The Morgan fingerprint density at radius 1 is 0.377 bits per heavy atom. The largest absolute Gasteiger partial charge is 2.00 e. The van der Waals surface area contributed by atoms with Crippen molar-refractivity contribution in [3.63, 3.8) is 0 Å². The second-order valence-corrected chi connectivity index (χ2v) is 16.6. The van der Waals surface area contributed by atoms with Gasteiger partial charge in [0.2, 0.25) is 0 Å². The van der Waals surface area contributed by atoms with Gasteiger partial charge >= 0.3 is 35.0 Å². The Hall–Kier alpha value is -1.51. The average molecular weight is 884 g/mol. The van der Waals surface area contributed by atoms with E-state index in [9.17, 15) is 29.4 Å². The van der Waals surface area contributed by atoms with Crippen molar-refractivity contribution < 1.29 is 39.6 Å². The minimum absolute atomic E-state index is 0. The molecule has 0 saturated carbocycles. The number of carbonyl (C=O) groups is 4. The van der Waals surface area contributed by atoms with Gasteiger partial charge in [0.15, 0.2) is 0 Å². The fourth-order valence-corrected chi connectivity index (χ4v) is 6.55. The summed E-state index contributed by atoms with van der Waals surface area (Å²) < 4.78 is 0. The smallest absolute Gasteiger partial charge is 0.548 e. The van der Waals surface area contributed by atoms with Crippen LogP contribution in [0.15, 0.2) is 0 Å². The topological polar surface area (TPSA) is 259 Å². The van der Waals surface area contributed by atoms with Gasteiger partial charge in [-0.05, 0) is 51.6 Å². The first-order valence-electron chi connectivity index (χ1n) is 24.7. The minimum atomic E-state index is -1.18. The first-order valence-corrected chi connectivity index (χ1v) is 24.7. The Bertz CT molecular complexity index is 834. The molecule has 0 amide bonds. The van der Waals surface area contributed by atoms with Crippen LogP contribution in [0.5, 0.6) is 0 Å². The van der Waals surface area contributed by atoms with Gasteiger partial charge in [0.1, 0.15) is 0 Å². The van der Waals surface area contributed by atoms with Crippen molar-refractivity contribution in [2.45, 2.75) is 270 Å². The molecule has 0 saturated heterocycles. The summed E-state index contributed by atoms with van der Waals surface area (Å²) in [7, 11) is 0. The molecule has 0 unspecified atom stereocenters. The second-order valence-electron chi connectivity index (χ2n) is 16.6. The first kappa shape index (κ1) is 68.5. The summed E-state index contributed by atoms with van der Waals surface area (Å²) in [5, 5.41) is 37.1. The minimum Gasteiger partial charge on any atom is -0.548 e. The zero-order valence-corrected chi connectivity index (χ0v) is 41.2. The standard InChI is InChI=1S/2C18H36O2.2C6H14N2O2.Mg/c2*1-2-3-4-5-6-7-8-9-10-11-12-13-14-15-16-17-18(19)20;2*7-4-2-1-3-5(8)6(9)10;/h2*2-17H2,1H3,(H,19,20);2*5H,1-4,7-8H2,(H,9,10);/q;;;;+2/p-2/t;;2*5-;/m..00./s1. The molecule has 0 aromatic carbocycles. The van der Waals surface area contributed by atoms with Crippen LogP contribution >= 0.6 is 0 Å². The van der Waals surface area contributed by atoms with E-state index in [1.807, 2.05) is 0 Å². The van der Waals surface area contributed by atoms with E-state index in [0.29, 0.717) is 38.8 Å². The fourth-order valence-electron chi connectivity index (χ4n) is 6.55. The van der Waals surface area contributed by atoms with E-state index in [-0.39, 0.29) is 23.1 Å². The van der Waals surface area contributed by atoms with E-state index in [4.69, 9.17) is 33.1 Å². The van der Waals surface area contributed by atoms with Crippen LogP contribution in [0.25, 0.3) is 0 Å². The molecule has 13 heteroatoms. The maximum atomic E-state index is 10.3. The van der Waals surface area contributed by atoms with Crippen molar-refractivity contribution >= 4 is 46.9 Å². The van der Waals surface area contributed by atoms with Gasteiger partial charge in [-0.2, -0.15) is 0 Å². The molecule has 0 bridgehead atoms. The zero-order valence-electron chi connectivity index (χ0n) is 39.8. The van der Waals surface area contributed by atoms with Crippen LogP contribution in [0.4, 0.5) is 0 Å². The van der Waals surface area contributed by atoms with E-state index in [0.717, 1.165) is 51.4 Å². The van der Waals surface area contributed by atoms with Gasteiger partial charge in [-0.1, -0.05) is 206 Å². The summed E-state index contributed by atoms with van der Waals surface area (Å²) >= 11 is 0. The number of carboxylic acids is 4. The number of carbonyl (C=O) groups excluding carboxylic acids is 2. The normalized spacial score (nSPS) is 11.4. The molecule has 0 aliphatic rings. The molecule has 0 rings (SSSR count). The van der Waals surface area contributed by atoms with Crippen LogP contribution in [0.3, 0.4) is 0 Å². The number of nitrogens with two attached hydrogens (primary N) is 4. The molecular formula is C48H98MgN4O8. The van der Waals surface area contributed by atoms with E-state index < -0.39 is 36.0 Å². The van der Waals surface area contributed by atoms with Crippen LogP contribution in [0, 0.1) is 0 Å². The summed E-state index contributed by atoms with van der Waals surface area (Å²) in [6.07, 6.45) is 44.5. The molecule has 12 nitrogen and oxygen atoms in total. The van der Waals surface area contributed by atoms with Gasteiger partial charge in [0, 0.05) is 24.9 Å². The molecule has 0 aliphatic heterocycles. The van der Waals surface area contributed by atoms with Crippen LogP contribution in [0.2, 0.25) is 0 Å². The van der Waals surface area contributed by atoms with Crippen molar-refractivity contribution in [3.05, 3.63) is 0 Å². The Morgan fingerprint density at radius 3 is 0.738 bits per heavy atom. The van der Waals surface area contributed by atoms with Crippen LogP contribution in [-0.2, 0) is 19.2 Å². The fraction of sp³-hybridized carbons (Fsp3) is 0.917. The van der Waals surface area contributed by atoms with Gasteiger partial charge in [-0.25, -0.2) is 0 Å². The predicted molar refractivity (Wildman–Crippen MR) is 252 cm³/mol. The Balaban J connectivity index is -0.000000239. The number of carboxylic acid groups (broad SMARTS) is 4. The Kier molecular flexibility index (Phi) is 68.1. The van der Waals surface area contributed by atoms with Gasteiger partial charge in [0.25, 0.3) is 0 Å². The molecule has 0 fully saturated rings. The molecule has 360 valence electrons.